The topological polar surface area (TPSA) is 67.0 Å². The summed E-state index contributed by atoms with van der Waals surface area (Å²) in [6, 6.07) is 7.89. The van der Waals surface area contributed by atoms with Gasteiger partial charge in [-0.2, -0.15) is 5.10 Å². The number of methoxy groups -OCH3 is 1. The molecule has 0 atom stereocenters. The highest BCUT2D eigenvalue weighted by Gasteiger charge is 2.47. The number of amides is 1. The molecule has 1 aromatic heterocycles. The Bertz CT molecular complexity index is 682. The minimum absolute atomic E-state index is 0.0241. The van der Waals surface area contributed by atoms with Crippen molar-refractivity contribution in [3.8, 4) is 5.75 Å². The highest BCUT2D eigenvalue weighted by molar-refractivity contribution is 5.80. The highest BCUT2D eigenvalue weighted by atomic mass is 16.5. The van der Waals surface area contributed by atoms with Crippen LogP contribution in [0, 0.1) is 13.8 Å². The van der Waals surface area contributed by atoms with Crippen molar-refractivity contribution in [2.45, 2.75) is 38.6 Å². The van der Waals surface area contributed by atoms with E-state index >= 15 is 0 Å². The minimum Gasteiger partial charge on any atom is -0.496 e. The second-order valence-electron chi connectivity index (χ2n) is 5.92. The summed E-state index contributed by atoms with van der Waals surface area (Å²) in [5.74, 6) is 0.854. The molecule has 3 rings (SSSR count). The molecule has 1 aliphatic rings. The SMILES string of the molecule is COc1ccccc1C1(NC(=O)Cc2c(C)n[nH]c2C)CC1. The van der Waals surface area contributed by atoms with Gasteiger partial charge < -0.3 is 10.1 Å². The van der Waals surface area contributed by atoms with Gasteiger partial charge in [-0.1, -0.05) is 18.2 Å². The molecular weight excluding hydrogens is 278 g/mol. The lowest BCUT2D eigenvalue weighted by atomic mass is 10.0. The Morgan fingerprint density at radius 2 is 2.09 bits per heavy atom. The average molecular weight is 299 g/mol. The fourth-order valence-electron chi connectivity index (χ4n) is 2.93. The molecule has 1 saturated carbocycles. The van der Waals surface area contributed by atoms with Gasteiger partial charge in [-0.25, -0.2) is 0 Å². The Hall–Kier alpha value is -2.30. The van der Waals surface area contributed by atoms with Crippen LogP contribution in [0.1, 0.15) is 35.4 Å². The van der Waals surface area contributed by atoms with Gasteiger partial charge in [-0.3, -0.25) is 9.89 Å². The zero-order valence-corrected chi connectivity index (χ0v) is 13.2. The number of carbonyl (C=O) groups excluding carboxylic acids is 1. The zero-order valence-electron chi connectivity index (χ0n) is 13.2. The lowest BCUT2D eigenvalue weighted by Crippen LogP contribution is -2.36. The summed E-state index contributed by atoms with van der Waals surface area (Å²) in [5.41, 5.74) is 3.61. The van der Waals surface area contributed by atoms with E-state index in [-0.39, 0.29) is 11.4 Å². The van der Waals surface area contributed by atoms with E-state index in [1.807, 2.05) is 38.1 Å². The van der Waals surface area contributed by atoms with Crippen LogP contribution in [0.5, 0.6) is 5.75 Å². The number of benzene rings is 1. The van der Waals surface area contributed by atoms with E-state index in [0.717, 1.165) is 41.1 Å². The molecule has 5 nitrogen and oxygen atoms in total. The van der Waals surface area contributed by atoms with E-state index < -0.39 is 0 Å². The number of aromatic nitrogens is 2. The third-order valence-corrected chi connectivity index (χ3v) is 4.37. The van der Waals surface area contributed by atoms with Gasteiger partial charge in [0.05, 0.1) is 24.8 Å². The van der Waals surface area contributed by atoms with Gasteiger partial charge in [0.1, 0.15) is 5.75 Å². The number of carbonyl (C=O) groups is 1. The molecule has 1 fully saturated rings. The van der Waals surface area contributed by atoms with E-state index in [0.29, 0.717) is 6.42 Å². The molecule has 22 heavy (non-hydrogen) atoms. The molecule has 0 saturated heterocycles. The quantitative estimate of drug-likeness (QED) is 0.891. The summed E-state index contributed by atoms with van der Waals surface area (Å²) in [6.45, 7) is 3.86. The van der Waals surface area contributed by atoms with Crippen LogP contribution in [-0.4, -0.2) is 23.2 Å². The summed E-state index contributed by atoms with van der Waals surface area (Å²) in [6.07, 6.45) is 2.25. The maximum absolute atomic E-state index is 12.4. The Kier molecular flexibility index (Phi) is 3.64. The van der Waals surface area contributed by atoms with Crippen LogP contribution in [0.15, 0.2) is 24.3 Å². The summed E-state index contributed by atoms with van der Waals surface area (Å²) < 4.78 is 5.43. The minimum atomic E-state index is -0.269. The molecule has 0 radical (unpaired) electrons. The van der Waals surface area contributed by atoms with E-state index in [2.05, 4.69) is 15.5 Å². The predicted octanol–water partition coefficient (Wildman–Crippen LogP) is 2.38. The van der Waals surface area contributed by atoms with Crippen LogP contribution in [0.3, 0.4) is 0 Å². The third kappa shape index (κ3) is 2.58. The zero-order chi connectivity index (χ0) is 15.7. The van der Waals surface area contributed by atoms with Gasteiger partial charge in [0.2, 0.25) is 5.91 Å². The lowest BCUT2D eigenvalue weighted by molar-refractivity contribution is -0.121. The van der Waals surface area contributed by atoms with Crippen molar-refractivity contribution in [3.05, 3.63) is 46.8 Å². The highest BCUT2D eigenvalue weighted by Crippen LogP contribution is 2.48. The lowest BCUT2D eigenvalue weighted by Gasteiger charge is -2.20. The molecule has 0 aliphatic heterocycles. The maximum Gasteiger partial charge on any atom is 0.225 e. The van der Waals surface area contributed by atoms with Gasteiger partial charge in [0.25, 0.3) is 0 Å². The largest absolute Gasteiger partial charge is 0.496 e. The Balaban J connectivity index is 1.76. The Morgan fingerprint density at radius 3 is 2.68 bits per heavy atom. The van der Waals surface area contributed by atoms with Gasteiger partial charge in [-0.15, -0.1) is 0 Å². The standard InChI is InChI=1S/C17H21N3O2/c1-11-13(12(2)20-19-11)10-16(21)18-17(8-9-17)14-6-4-5-7-15(14)22-3/h4-7H,8-10H2,1-3H3,(H,18,21)(H,19,20). The maximum atomic E-state index is 12.4. The fraction of sp³-hybridized carbons (Fsp3) is 0.412. The molecule has 116 valence electrons. The molecule has 0 spiro atoms. The second-order valence-corrected chi connectivity index (χ2v) is 5.92. The van der Waals surface area contributed by atoms with Gasteiger partial charge >= 0.3 is 0 Å². The van der Waals surface area contributed by atoms with Crippen LogP contribution >= 0.6 is 0 Å². The van der Waals surface area contributed by atoms with Crippen molar-refractivity contribution in [2.75, 3.05) is 7.11 Å². The molecule has 1 amide bonds. The predicted molar refractivity (Wildman–Crippen MR) is 83.8 cm³/mol. The number of hydrogen-bond acceptors (Lipinski definition) is 3. The number of nitrogens with zero attached hydrogens (tertiary/aromatic N) is 1. The molecular formula is C17H21N3O2. The second kappa shape index (κ2) is 5.48. The molecule has 0 bridgehead atoms. The van der Waals surface area contributed by atoms with Crippen LogP contribution in [0.25, 0.3) is 0 Å². The first-order chi connectivity index (χ1) is 10.6. The first-order valence-electron chi connectivity index (χ1n) is 7.51. The first kappa shape index (κ1) is 14.6. The van der Waals surface area contributed by atoms with Crippen LogP contribution in [0.4, 0.5) is 0 Å². The number of rotatable bonds is 5. The summed E-state index contributed by atoms with van der Waals surface area (Å²) in [7, 11) is 1.66. The fourth-order valence-corrected chi connectivity index (χ4v) is 2.93. The summed E-state index contributed by atoms with van der Waals surface area (Å²) in [5, 5.41) is 10.3. The third-order valence-electron chi connectivity index (χ3n) is 4.37. The number of aryl methyl sites for hydroxylation is 2. The molecule has 1 aromatic carbocycles. The normalized spacial score (nSPS) is 15.4. The number of nitrogens with one attached hydrogen (secondary N) is 2. The molecule has 2 N–H and O–H groups in total. The van der Waals surface area contributed by atoms with Gasteiger partial charge in [-0.05, 0) is 32.8 Å². The van der Waals surface area contributed by atoms with Crippen molar-refractivity contribution in [3.63, 3.8) is 0 Å². The summed E-state index contributed by atoms with van der Waals surface area (Å²) >= 11 is 0. The smallest absolute Gasteiger partial charge is 0.225 e. The van der Waals surface area contributed by atoms with Crippen LogP contribution in [0.2, 0.25) is 0 Å². The Morgan fingerprint density at radius 1 is 1.36 bits per heavy atom. The number of para-hydroxylation sites is 1. The van der Waals surface area contributed by atoms with Gasteiger partial charge in [0, 0.05) is 16.8 Å². The number of H-pyrrole nitrogens is 1. The molecule has 2 aromatic rings. The molecule has 5 heteroatoms. The van der Waals surface area contributed by atoms with Crippen LogP contribution in [-0.2, 0) is 16.8 Å². The first-order valence-corrected chi connectivity index (χ1v) is 7.51. The van der Waals surface area contributed by atoms with Crippen molar-refractivity contribution in [1.82, 2.24) is 15.5 Å². The van der Waals surface area contributed by atoms with Crippen molar-refractivity contribution >= 4 is 5.91 Å². The Labute approximate surface area is 130 Å². The van der Waals surface area contributed by atoms with Crippen molar-refractivity contribution < 1.29 is 9.53 Å². The number of ether oxygens (including phenoxy) is 1. The van der Waals surface area contributed by atoms with E-state index in [9.17, 15) is 4.79 Å². The summed E-state index contributed by atoms with van der Waals surface area (Å²) in [4.78, 5) is 12.4. The van der Waals surface area contributed by atoms with E-state index in [1.165, 1.54) is 0 Å². The van der Waals surface area contributed by atoms with Crippen molar-refractivity contribution in [2.24, 2.45) is 0 Å². The van der Waals surface area contributed by atoms with Crippen LogP contribution < -0.4 is 10.1 Å². The van der Waals surface area contributed by atoms with E-state index in [4.69, 9.17) is 4.74 Å². The molecule has 1 heterocycles. The molecule has 0 unspecified atom stereocenters. The molecule has 1 aliphatic carbocycles. The monoisotopic (exact) mass is 299 g/mol. The van der Waals surface area contributed by atoms with E-state index in [1.54, 1.807) is 7.11 Å². The van der Waals surface area contributed by atoms with Crippen molar-refractivity contribution in [1.29, 1.82) is 0 Å². The number of aromatic amines is 1. The average Bonchev–Trinajstić information content (AvgIpc) is 3.23. The van der Waals surface area contributed by atoms with Gasteiger partial charge in [0.15, 0.2) is 0 Å². The number of hydrogen-bond donors (Lipinski definition) is 2.